The second kappa shape index (κ2) is 9.64. The van der Waals surface area contributed by atoms with Crippen LogP contribution in [0.2, 0.25) is 10.0 Å². The van der Waals surface area contributed by atoms with E-state index in [1.54, 1.807) is 11.6 Å². The number of hydrogen-bond donors (Lipinski definition) is 0. The lowest BCUT2D eigenvalue weighted by Crippen LogP contribution is -2.06. The molecule has 6 heteroatoms. The van der Waals surface area contributed by atoms with E-state index in [1.807, 2.05) is 67.7 Å². The maximum absolute atomic E-state index is 9.67. The van der Waals surface area contributed by atoms with Crippen LogP contribution in [-0.2, 0) is 11.3 Å². The van der Waals surface area contributed by atoms with Crippen LogP contribution in [0.5, 0.6) is 0 Å². The van der Waals surface area contributed by atoms with Gasteiger partial charge >= 0.3 is 0 Å². The number of nitriles is 1. The molecule has 0 amide bonds. The topological polar surface area (TPSA) is 45.9 Å². The lowest BCUT2D eigenvalue weighted by molar-refractivity contribution is 0.0689. The van der Waals surface area contributed by atoms with Crippen LogP contribution < -0.4 is 0 Å². The molecular weight excluding hydrogens is 447 g/mol. The smallest absolute Gasteiger partial charge is 0.119 e. The highest BCUT2D eigenvalue weighted by Crippen LogP contribution is 2.35. The van der Waals surface area contributed by atoms with Crippen LogP contribution in [0.1, 0.15) is 33.2 Å². The summed E-state index contributed by atoms with van der Waals surface area (Å²) in [7, 11) is 0. The van der Waals surface area contributed by atoms with E-state index in [0.717, 1.165) is 32.7 Å². The number of ether oxygens (including phenoxy) is 1. The highest BCUT2D eigenvalue weighted by atomic mass is 35.5. The van der Waals surface area contributed by atoms with Crippen molar-refractivity contribution >= 4 is 34.5 Å². The van der Waals surface area contributed by atoms with Gasteiger partial charge in [-0.3, -0.25) is 4.98 Å². The Morgan fingerprint density at radius 1 is 1.03 bits per heavy atom. The van der Waals surface area contributed by atoms with Crippen molar-refractivity contribution in [1.82, 2.24) is 4.98 Å². The number of benzene rings is 3. The first-order chi connectivity index (χ1) is 15.0. The van der Waals surface area contributed by atoms with Crippen molar-refractivity contribution in [2.24, 2.45) is 0 Å². The van der Waals surface area contributed by atoms with Gasteiger partial charge in [-0.2, -0.15) is 5.26 Å². The number of thiazole rings is 1. The normalized spacial score (nSPS) is 11.8. The Balaban J connectivity index is 1.73. The minimum atomic E-state index is -0.333. The second-order valence-electron chi connectivity index (χ2n) is 7.10. The largest absolute Gasteiger partial charge is 0.363 e. The van der Waals surface area contributed by atoms with Crippen molar-refractivity contribution in [3.05, 3.63) is 110 Å². The summed E-state index contributed by atoms with van der Waals surface area (Å²) in [4.78, 5) is 5.20. The summed E-state index contributed by atoms with van der Waals surface area (Å²) >= 11 is 13.8. The SMILES string of the molecule is Cc1ccccc1-c1cc(C(OCc2cc(Cl)cc(Cl)c2)c2cncs2)ccc1C#N. The Bertz CT molecular complexity index is 1230. The first kappa shape index (κ1) is 21.5. The fraction of sp³-hybridized carbons (Fsp3) is 0.120. The van der Waals surface area contributed by atoms with Crippen molar-refractivity contribution in [3.63, 3.8) is 0 Å². The summed E-state index contributed by atoms with van der Waals surface area (Å²) in [6.07, 6.45) is 1.48. The van der Waals surface area contributed by atoms with Crippen LogP contribution in [-0.4, -0.2) is 4.98 Å². The number of halogens is 2. The molecule has 1 unspecified atom stereocenters. The summed E-state index contributed by atoms with van der Waals surface area (Å²) in [6.45, 7) is 2.38. The maximum Gasteiger partial charge on any atom is 0.119 e. The average molecular weight is 465 g/mol. The quantitative estimate of drug-likeness (QED) is 0.295. The maximum atomic E-state index is 9.67. The molecule has 3 nitrogen and oxygen atoms in total. The van der Waals surface area contributed by atoms with Gasteiger partial charge in [0.25, 0.3) is 0 Å². The first-order valence-corrected chi connectivity index (χ1v) is 11.2. The Labute approximate surface area is 195 Å². The molecule has 1 aromatic heterocycles. The molecule has 0 aliphatic carbocycles. The minimum Gasteiger partial charge on any atom is -0.363 e. The van der Waals surface area contributed by atoms with Crippen molar-refractivity contribution in [2.45, 2.75) is 19.6 Å². The molecule has 0 saturated heterocycles. The van der Waals surface area contributed by atoms with E-state index in [0.29, 0.717) is 22.2 Å². The lowest BCUT2D eigenvalue weighted by Gasteiger charge is -2.19. The van der Waals surface area contributed by atoms with Crippen molar-refractivity contribution in [2.75, 3.05) is 0 Å². The Hall–Kier alpha value is -2.68. The summed E-state index contributed by atoms with van der Waals surface area (Å²) in [5, 5.41) is 10.8. The standard InChI is InChI=1S/C25H18Cl2N2OS/c1-16-4-2-3-5-22(16)23-10-18(6-7-19(23)12-28)25(24-13-29-15-31-24)30-14-17-8-20(26)11-21(27)9-17/h2-11,13,15,25H,14H2,1H3. The van der Waals surface area contributed by atoms with Gasteiger partial charge in [0.2, 0.25) is 0 Å². The third-order valence-electron chi connectivity index (χ3n) is 4.95. The molecule has 0 bridgehead atoms. The summed E-state index contributed by atoms with van der Waals surface area (Å²) < 4.78 is 6.33. The third-order valence-corrected chi connectivity index (χ3v) is 6.21. The molecule has 0 aliphatic heterocycles. The number of rotatable bonds is 6. The predicted octanol–water partition coefficient (Wildman–Crippen LogP) is 7.60. The van der Waals surface area contributed by atoms with Crippen LogP contribution in [0.15, 0.2) is 72.4 Å². The van der Waals surface area contributed by atoms with E-state index < -0.39 is 0 Å². The number of hydrogen-bond acceptors (Lipinski definition) is 4. The minimum absolute atomic E-state index is 0.333. The lowest BCUT2D eigenvalue weighted by atomic mass is 9.93. The number of nitrogens with zero attached hydrogens (tertiary/aromatic N) is 2. The first-order valence-electron chi connectivity index (χ1n) is 9.60. The van der Waals surface area contributed by atoms with Crippen LogP contribution in [0.3, 0.4) is 0 Å². The number of aromatic nitrogens is 1. The van der Waals surface area contributed by atoms with Gasteiger partial charge in [0, 0.05) is 21.8 Å². The predicted molar refractivity (Wildman–Crippen MR) is 127 cm³/mol. The van der Waals surface area contributed by atoms with E-state index in [4.69, 9.17) is 27.9 Å². The van der Waals surface area contributed by atoms with Gasteiger partial charge in [-0.25, -0.2) is 0 Å². The van der Waals surface area contributed by atoms with Gasteiger partial charge in [0.15, 0.2) is 0 Å². The van der Waals surface area contributed by atoms with Crippen molar-refractivity contribution in [1.29, 1.82) is 5.26 Å². The van der Waals surface area contributed by atoms with Crippen LogP contribution in [0.4, 0.5) is 0 Å². The molecule has 0 radical (unpaired) electrons. The summed E-state index contributed by atoms with van der Waals surface area (Å²) in [5.41, 5.74) is 7.29. The summed E-state index contributed by atoms with van der Waals surface area (Å²) in [5.74, 6) is 0. The van der Waals surface area contributed by atoms with Crippen LogP contribution in [0, 0.1) is 18.3 Å². The van der Waals surface area contributed by atoms with Crippen LogP contribution in [0.25, 0.3) is 11.1 Å². The molecule has 0 saturated carbocycles. The van der Waals surface area contributed by atoms with Gasteiger partial charge in [0.1, 0.15) is 6.10 Å². The van der Waals surface area contributed by atoms with Gasteiger partial charge in [-0.1, -0.05) is 53.5 Å². The molecule has 0 N–H and O–H groups in total. The third kappa shape index (κ3) is 4.98. The van der Waals surface area contributed by atoms with Gasteiger partial charge in [0.05, 0.1) is 28.6 Å². The molecule has 0 fully saturated rings. The van der Waals surface area contributed by atoms with E-state index in [9.17, 15) is 5.26 Å². The molecule has 1 heterocycles. The Morgan fingerprint density at radius 3 is 2.48 bits per heavy atom. The molecule has 3 aromatic carbocycles. The molecule has 154 valence electrons. The zero-order valence-electron chi connectivity index (χ0n) is 16.7. The van der Waals surface area contributed by atoms with Crippen molar-refractivity contribution in [3.8, 4) is 17.2 Å². The second-order valence-corrected chi connectivity index (χ2v) is 8.90. The monoisotopic (exact) mass is 464 g/mol. The Morgan fingerprint density at radius 2 is 1.81 bits per heavy atom. The molecule has 31 heavy (non-hydrogen) atoms. The van der Waals surface area contributed by atoms with Gasteiger partial charge < -0.3 is 4.74 Å². The van der Waals surface area contributed by atoms with E-state index >= 15 is 0 Å². The molecule has 0 spiro atoms. The Kier molecular flexibility index (Phi) is 6.70. The van der Waals surface area contributed by atoms with Crippen molar-refractivity contribution < 1.29 is 4.74 Å². The van der Waals surface area contributed by atoms with Gasteiger partial charge in [-0.15, -0.1) is 11.3 Å². The van der Waals surface area contributed by atoms with Gasteiger partial charge in [-0.05, 0) is 59.5 Å². The highest BCUT2D eigenvalue weighted by Gasteiger charge is 2.19. The molecule has 1 atom stereocenters. The molecule has 4 rings (SSSR count). The summed E-state index contributed by atoms with van der Waals surface area (Å²) in [6, 6.07) is 21.6. The average Bonchev–Trinajstić information content (AvgIpc) is 3.28. The van der Waals surface area contributed by atoms with E-state index in [1.165, 1.54) is 11.3 Å². The van der Waals surface area contributed by atoms with Crippen LogP contribution >= 0.6 is 34.5 Å². The van der Waals surface area contributed by atoms with E-state index in [-0.39, 0.29) is 6.10 Å². The zero-order valence-corrected chi connectivity index (χ0v) is 19.0. The highest BCUT2D eigenvalue weighted by molar-refractivity contribution is 7.09. The fourth-order valence-electron chi connectivity index (χ4n) is 3.49. The molecule has 4 aromatic rings. The fourth-order valence-corrected chi connectivity index (χ4v) is 4.76. The van der Waals surface area contributed by atoms with E-state index in [2.05, 4.69) is 11.1 Å². The zero-order chi connectivity index (χ0) is 21.8. The molecular formula is C25H18Cl2N2OS. The number of aryl methyl sites for hydroxylation is 1. The molecule has 0 aliphatic rings.